The van der Waals surface area contributed by atoms with Crippen LogP contribution in [-0.4, -0.2) is 52.8 Å². The van der Waals surface area contributed by atoms with Crippen LogP contribution >= 0.6 is 11.8 Å². The van der Waals surface area contributed by atoms with Crippen molar-refractivity contribution in [3.63, 3.8) is 0 Å². The average molecular weight is 249 g/mol. The van der Waals surface area contributed by atoms with Gasteiger partial charge in [0.05, 0.1) is 0 Å². The molecule has 0 aromatic rings. The molecular formula is C10H19NO4S. The molecule has 1 N–H and O–H groups in total. The zero-order chi connectivity index (χ0) is 12.9. The van der Waals surface area contributed by atoms with Crippen LogP contribution in [0.2, 0.25) is 0 Å². The van der Waals surface area contributed by atoms with Crippen LogP contribution < -0.4 is 0 Å². The molecule has 0 fully saturated rings. The highest BCUT2D eigenvalue weighted by atomic mass is 32.2. The van der Waals surface area contributed by atoms with Gasteiger partial charge in [-0.05, 0) is 27.0 Å². The summed E-state index contributed by atoms with van der Waals surface area (Å²) in [6, 6.07) is -0.857. The molecule has 0 saturated carbocycles. The van der Waals surface area contributed by atoms with Gasteiger partial charge < -0.3 is 9.84 Å². The summed E-state index contributed by atoms with van der Waals surface area (Å²) in [6.07, 6.45) is 1.17. The Labute approximate surface area is 100 Å². The predicted octanol–water partition coefficient (Wildman–Crippen LogP) is 1.67. The maximum Gasteiger partial charge on any atom is 0.410 e. The number of nitrogens with zero attached hydrogens (tertiary/aromatic N) is 1. The summed E-state index contributed by atoms with van der Waals surface area (Å²) in [5.74, 6) is -0.687. The Morgan fingerprint density at radius 3 is 2.25 bits per heavy atom. The Morgan fingerprint density at radius 2 is 1.94 bits per heavy atom. The number of aliphatic carboxylic acids is 1. The van der Waals surface area contributed by atoms with Gasteiger partial charge in [0.1, 0.15) is 11.6 Å². The van der Waals surface area contributed by atoms with Gasteiger partial charge >= 0.3 is 12.1 Å². The maximum atomic E-state index is 11.6. The molecule has 1 atom stereocenters. The Kier molecular flexibility index (Phi) is 5.64. The van der Waals surface area contributed by atoms with E-state index in [4.69, 9.17) is 9.84 Å². The van der Waals surface area contributed by atoms with Gasteiger partial charge in [-0.3, -0.25) is 4.90 Å². The highest BCUT2D eigenvalue weighted by Crippen LogP contribution is 2.12. The van der Waals surface area contributed by atoms with E-state index in [0.29, 0.717) is 5.75 Å². The molecule has 0 aliphatic rings. The van der Waals surface area contributed by atoms with Crippen LogP contribution in [-0.2, 0) is 9.53 Å². The maximum absolute atomic E-state index is 11.6. The molecule has 0 heterocycles. The number of carbonyl (C=O) groups is 2. The second-order valence-electron chi connectivity index (χ2n) is 4.40. The molecule has 0 spiro atoms. The third-order valence-electron chi connectivity index (χ3n) is 1.76. The van der Waals surface area contributed by atoms with Gasteiger partial charge in [-0.15, -0.1) is 0 Å². The van der Waals surface area contributed by atoms with E-state index >= 15 is 0 Å². The van der Waals surface area contributed by atoms with E-state index in [1.54, 1.807) is 27.0 Å². The van der Waals surface area contributed by atoms with E-state index in [2.05, 4.69) is 0 Å². The molecule has 0 aromatic carbocycles. The molecule has 94 valence electrons. The van der Waals surface area contributed by atoms with Crippen LogP contribution in [0.3, 0.4) is 0 Å². The minimum Gasteiger partial charge on any atom is -0.480 e. The Balaban J connectivity index is 4.55. The first-order valence-corrected chi connectivity index (χ1v) is 6.26. The van der Waals surface area contributed by atoms with Crippen molar-refractivity contribution in [2.24, 2.45) is 0 Å². The van der Waals surface area contributed by atoms with Crippen LogP contribution in [0.1, 0.15) is 20.8 Å². The van der Waals surface area contributed by atoms with E-state index in [0.717, 1.165) is 4.90 Å². The van der Waals surface area contributed by atoms with E-state index in [1.165, 1.54) is 18.8 Å². The van der Waals surface area contributed by atoms with E-state index < -0.39 is 23.7 Å². The third-order valence-corrected chi connectivity index (χ3v) is 2.41. The van der Waals surface area contributed by atoms with Crippen molar-refractivity contribution in [3.8, 4) is 0 Å². The number of hydrogen-bond donors (Lipinski definition) is 1. The van der Waals surface area contributed by atoms with Gasteiger partial charge in [-0.2, -0.15) is 11.8 Å². The van der Waals surface area contributed by atoms with Gasteiger partial charge in [0.2, 0.25) is 0 Å². The minimum absolute atomic E-state index is 0.338. The zero-order valence-corrected chi connectivity index (χ0v) is 11.1. The number of carboxylic acid groups (broad SMARTS) is 1. The fourth-order valence-corrected chi connectivity index (χ4v) is 1.65. The van der Waals surface area contributed by atoms with Gasteiger partial charge in [-0.1, -0.05) is 0 Å². The normalized spacial score (nSPS) is 13.1. The van der Waals surface area contributed by atoms with Gasteiger partial charge in [-0.25, -0.2) is 9.59 Å². The van der Waals surface area contributed by atoms with Crippen molar-refractivity contribution in [1.29, 1.82) is 0 Å². The lowest BCUT2D eigenvalue weighted by atomic mass is 10.2. The second kappa shape index (κ2) is 5.98. The molecule has 1 unspecified atom stereocenters. The lowest BCUT2D eigenvalue weighted by molar-refractivity contribution is -0.141. The van der Waals surface area contributed by atoms with Crippen molar-refractivity contribution >= 4 is 23.8 Å². The summed E-state index contributed by atoms with van der Waals surface area (Å²) < 4.78 is 5.09. The molecule has 6 heteroatoms. The van der Waals surface area contributed by atoms with Crippen molar-refractivity contribution in [3.05, 3.63) is 0 Å². The molecule has 5 nitrogen and oxygen atoms in total. The summed E-state index contributed by atoms with van der Waals surface area (Å²) >= 11 is 1.37. The van der Waals surface area contributed by atoms with Gasteiger partial charge in [0.25, 0.3) is 0 Å². The second-order valence-corrected chi connectivity index (χ2v) is 5.31. The van der Waals surface area contributed by atoms with Crippen LogP contribution in [0, 0.1) is 0 Å². The average Bonchev–Trinajstić information content (AvgIpc) is 2.09. The van der Waals surface area contributed by atoms with Gasteiger partial charge in [0.15, 0.2) is 0 Å². The Bertz CT molecular complexity index is 262. The Hall–Kier alpha value is -0.910. The largest absolute Gasteiger partial charge is 0.480 e. The standard InChI is InChI=1S/C10H19NO4S/c1-10(2,3)15-9(14)11(4)7(6-16-5)8(12)13/h7H,6H2,1-5H3,(H,12,13). The zero-order valence-electron chi connectivity index (χ0n) is 10.3. The van der Waals surface area contributed by atoms with Crippen molar-refractivity contribution in [1.82, 2.24) is 4.90 Å². The summed E-state index contributed by atoms with van der Waals surface area (Å²) in [5.41, 5.74) is -0.617. The predicted molar refractivity (Wildman–Crippen MR) is 63.8 cm³/mol. The molecule has 0 radical (unpaired) electrons. The summed E-state index contributed by atoms with van der Waals surface area (Å²) in [5, 5.41) is 8.96. The smallest absolute Gasteiger partial charge is 0.410 e. The van der Waals surface area contributed by atoms with E-state index in [1.807, 2.05) is 0 Å². The highest BCUT2D eigenvalue weighted by molar-refractivity contribution is 7.98. The number of ether oxygens (including phenoxy) is 1. The number of carboxylic acids is 1. The van der Waals surface area contributed by atoms with E-state index in [9.17, 15) is 9.59 Å². The molecule has 0 aliphatic heterocycles. The molecule has 0 aromatic heterocycles. The quantitative estimate of drug-likeness (QED) is 0.821. The topological polar surface area (TPSA) is 66.8 Å². The number of likely N-dealkylation sites (N-methyl/N-ethyl adjacent to an activating group) is 1. The molecule has 0 saturated heterocycles. The fourth-order valence-electron chi connectivity index (χ4n) is 0.968. The van der Waals surface area contributed by atoms with Crippen LogP contribution in [0.5, 0.6) is 0 Å². The van der Waals surface area contributed by atoms with Crippen molar-refractivity contribution in [2.45, 2.75) is 32.4 Å². The number of thioether (sulfide) groups is 1. The first-order valence-electron chi connectivity index (χ1n) is 4.86. The number of amides is 1. The lowest BCUT2D eigenvalue weighted by Crippen LogP contribution is -2.46. The molecule has 16 heavy (non-hydrogen) atoms. The molecular weight excluding hydrogens is 230 g/mol. The minimum atomic E-state index is -1.03. The molecule has 0 bridgehead atoms. The van der Waals surface area contributed by atoms with Crippen LogP contribution in [0.25, 0.3) is 0 Å². The monoisotopic (exact) mass is 249 g/mol. The van der Waals surface area contributed by atoms with Crippen molar-refractivity contribution < 1.29 is 19.4 Å². The number of rotatable bonds is 4. The first kappa shape index (κ1) is 15.1. The van der Waals surface area contributed by atoms with Crippen LogP contribution in [0.4, 0.5) is 4.79 Å². The first-order chi connectivity index (χ1) is 7.19. The summed E-state index contributed by atoms with van der Waals surface area (Å²) in [4.78, 5) is 23.7. The highest BCUT2D eigenvalue weighted by Gasteiger charge is 2.29. The molecule has 0 aliphatic carbocycles. The van der Waals surface area contributed by atoms with Gasteiger partial charge in [0, 0.05) is 12.8 Å². The van der Waals surface area contributed by atoms with Crippen molar-refractivity contribution in [2.75, 3.05) is 19.1 Å². The molecule has 0 rings (SSSR count). The van der Waals surface area contributed by atoms with Crippen LogP contribution in [0.15, 0.2) is 0 Å². The fraction of sp³-hybridized carbons (Fsp3) is 0.800. The summed E-state index contributed by atoms with van der Waals surface area (Å²) in [7, 11) is 1.43. The lowest BCUT2D eigenvalue weighted by Gasteiger charge is -2.28. The molecule has 1 amide bonds. The Morgan fingerprint density at radius 1 is 1.44 bits per heavy atom. The SMILES string of the molecule is CSCC(C(=O)O)N(C)C(=O)OC(C)(C)C. The number of carbonyl (C=O) groups excluding carboxylic acids is 1. The third kappa shape index (κ3) is 5.25. The van der Waals surface area contributed by atoms with E-state index in [-0.39, 0.29) is 0 Å². The number of hydrogen-bond acceptors (Lipinski definition) is 4. The summed E-state index contributed by atoms with van der Waals surface area (Å²) in [6.45, 7) is 5.22.